The minimum Gasteiger partial charge on any atom is -0.507 e. The normalized spacial score (nSPS) is 10.7. The predicted octanol–water partition coefficient (Wildman–Crippen LogP) is 1.89. The summed E-state index contributed by atoms with van der Waals surface area (Å²) in [6.07, 6.45) is 1.60. The van der Waals surface area contributed by atoms with Crippen LogP contribution in [0, 0.1) is 13.8 Å². The summed E-state index contributed by atoms with van der Waals surface area (Å²) < 4.78 is 0. The molecule has 0 bridgehead atoms. The largest absolute Gasteiger partial charge is 0.507 e. The second kappa shape index (κ2) is 3.98. The first-order valence-corrected chi connectivity index (χ1v) is 5.07. The van der Waals surface area contributed by atoms with Gasteiger partial charge in [-0.1, -0.05) is 0 Å². The number of H-pyrrole nitrogens is 1. The topological polar surface area (TPSA) is 69.1 Å². The number of benzene rings is 1. The summed E-state index contributed by atoms with van der Waals surface area (Å²) in [4.78, 5) is 7.18. The Bertz CT molecular complexity index is 494. The number of aliphatic hydroxyl groups excluding tert-OH is 1. The van der Waals surface area contributed by atoms with Crippen molar-refractivity contribution in [2.45, 2.75) is 20.5 Å². The van der Waals surface area contributed by atoms with E-state index in [1.54, 1.807) is 6.20 Å². The number of imidazole rings is 1. The molecule has 0 atom stereocenters. The fraction of sp³-hybridized carbons (Fsp3) is 0.250. The van der Waals surface area contributed by atoms with Crippen LogP contribution < -0.4 is 0 Å². The monoisotopic (exact) mass is 218 g/mol. The molecular weight excluding hydrogens is 204 g/mol. The molecule has 4 heteroatoms. The van der Waals surface area contributed by atoms with Crippen molar-refractivity contribution in [3.63, 3.8) is 0 Å². The van der Waals surface area contributed by atoms with Gasteiger partial charge in [0.15, 0.2) is 0 Å². The van der Waals surface area contributed by atoms with Crippen molar-refractivity contribution in [2.24, 2.45) is 0 Å². The van der Waals surface area contributed by atoms with Gasteiger partial charge in [-0.2, -0.15) is 0 Å². The van der Waals surface area contributed by atoms with Crippen LogP contribution in [0.25, 0.3) is 11.4 Å². The maximum absolute atomic E-state index is 9.66. The van der Waals surface area contributed by atoms with Crippen LogP contribution in [-0.2, 0) is 6.61 Å². The molecule has 0 aliphatic carbocycles. The Morgan fingerprint density at radius 1 is 1.25 bits per heavy atom. The average molecular weight is 218 g/mol. The first-order chi connectivity index (χ1) is 7.61. The molecule has 0 saturated heterocycles. The Balaban J connectivity index is 2.48. The predicted molar refractivity (Wildman–Crippen MR) is 61.1 cm³/mol. The maximum atomic E-state index is 9.66. The summed E-state index contributed by atoms with van der Waals surface area (Å²) in [5.74, 6) is 1.02. The van der Waals surface area contributed by atoms with Crippen molar-refractivity contribution in [2.75, 3.05) is 0 Å². The fourth-order valence-corrected chi connectivity index (χ4v) is 1.68. The van der Waals surface area contributed by atoms with E-state index in [-0.39, 0.29) is 6.61 Å². The number of aliphatic hydroxyl groups is 1. The number of phenols is 1. The fourth-order valence-electron chi connectivity index (χ4n) is 1.68. The lowest BCUT2D eigenvalue weighted by Crippen LogP contribution is -1.87. The van der Waals surface area contributed by atoms with Gasteiger partial charge in [0.25, 0.3) is 0 Å². The van der Waals surface area contributed by atoms with Gasteiger partial charge >= 0.3 is 0 Å². The highest BCUT2D eigenvalue weighted by Gasteiger charge is 2.07. The minimum atomic E-state index is -0.0525. The lowest BCUT2D eigenvalue weighted by molar-refractivity contribution is 0.277. The van der Waals surface area contributed by atoms with Gasteiger partial charge in [-0.15, -0.1) is 0 Å². The lowest BCUT2D eigenvalue weighted by atomic mass is 10.1. The van der Waals surface area contributed by atoms with Crippen molar-refractivity contribution in [1.29, 1.82) is 0 Å². The Morgan fingerprint density at radius 2 is 1.88 bits per heavy atom. The molecule has 84 valence electrons. The number of rotatable bonds is 2. The van der Waals surface area contributed by atoms with Gasteiger partial charge in [-0.3, -0.25) is 0 Å². The van der Waals surface area contributed by atoms with E-state index in [0.29, 0.717) is 17.3 Å². The zero-order valence-electron chi connectivity index (χ0n) is 9.28. The maximum Gasteiger partial charge on any atom is 0.137 e. The lowest BCUT2D eigenvalue weighted by Gasteiger charge is -2.05. The van der Waals surface area contributed by atoms with Crippen LogP contribution in [-0.4, -0.2) is 20.2 Å². The van der Waals surface area contributed by atoms with Crippen LogP contribution in [0.1, 0.15) is 16.8 Å². The van der Waals surface area contributed by atoms with E-state index in [9.17, 15) is 5.11 Å². The number of aromatic nitrogens is 2. The van der Waals surface area contributed by atoms with Crippen molar-refractivity contribution in [1.82, 2.24) is 9.97 Å². The van der Waals surface area contributed by atoms with E-state index >= 15 is 0 Å². The van der Waals surface area contributed by atoms with Gasteiger partial charge in [0, 0.05) is 5.56 Å². The summed E-state index contributed by atoms with van der Waals surface area (Å²) in [6, 6.07) is 3.73. The molecule has 0 fully saturated rings. The van der Waals surface area contributed by atoms with Crippen molar-refractivity contribution in [3.8, 4) is 17.1 Å². The SMILES string of the molecule is Cc1cc(-c2ncc(CO)[nH]2)cc(C)c1O. The highest BCUT2D eigenvalue weighted by Crippen LogP contribution is 2.27. The number of hydrogen-bond acceptors (Lipinski definition) is 3. The van der Waals surface area contributed by atoms with Crippen LogP contribution in [0.4, 0.5) is 0 Å². The first-order valence-electron chi connectivity index (χ1n) is 5.07. The molecule has 0 amide bonds. The Morgan fingerprint density at radius 3 is 2.38 bits per heavy atom. The molecule has 2 aromatic rings. The van der Waals surface area contributed by atoms with Crippen molar-refractivity contribution < 1.29 is 10.2 Å². The van der Waals surface area contributed by atoms with Gasteiger partial charge in [0.1, 0.15) is 11.6 Å². The number of nitrogens with zero attached hydrogens (tertiary/aromatic N) is 1. The van der Waals surface area contributed by atoms with Crippen molar-refractivity contribution >= 4 is 0 Å². The van der Waals surface area contributed by atoms with E-state index < -0.39 is 0 Å². The number of aromatic amines is 1. The van der Waals surface area contributed by atoms with Crippen LogP contribution in [0.15, 0.2) is 18.3 Å². The van der Waals surface area contributed by atoms with Gasteiger partial charge < -0.3 is 15.2 Å². The quantitative estimate of drug-likeness (QED) is 0.721. The molecule has 0 spiro atoms. The van der Waals surface area contributed by atoms with Gasteiger partial charge in [0.05, 0.1) is 18.5 Å². The van der Waals surface area contributed by atoms with Gasteiger partial charge in [-0.25, -0.2) is 4.98 Å². The molecule has 0 radical (unpaired) electrons. The smallest absolute Gasteiger partial charge is 0.137 e. The highest BCUT2D eigenvalue weighted by molar-refractivity contribution is 5.61. The van der Waals surface area contributed by atoms with Crippen LogP contribution >= 0.6 is 0 Å². The third-order valence-electron chi connectivity index (χ3n) is 2.56. The Kier molecular flexibility index (Phi) is 2.66. The van der Waals surface area contributed by atoms with Crippen LogP contribution in [0.2, 0.25) is 0 Å². The van der Waals surface area contributed by atoms with Crippen LogP contribution in [0.3, 0.4) is 0 Å². The summed E-state index contributed by atoms with van der Waals surface area (Å²) in [5.41, 5.74) is 3.22. The molecule has 2 rings (SSSR count). The molecule has 0 saturated carbocycles. The van der Waals surface area contributed by atoms with E-state index in [2.05, 4.69) is 9.97 Å². The van der Waals surface area contributed by atoms with E-state index in [1.165, 1.54) is 0 Å². The van der Waals surface area contributed by atoms with E-state index in [0.717, 1.165) is 16.7 Å². The summed E-state index contributed by atoms with van der Waals surface area (Å²) in [7, 11) is 0. The Hall–Kier alpha value is -1.81. The molecule has 3 N–H and O–H groups in total. The van der Waals surface area contributed by atoms with Crippen LogP contribution in [0.5, 0.6) is 5.75 Å². The molecular formula is C12H14N2O2. The van der Waals surface area contributed by atoms with Crippen molar-refractivity contribution in [3.05, 3.63) is 35.2 Å². The molecule has 4 nitrogen and oxygen atoms in total. The number of aryl methyl sites for hydroxylation is 2. The zero-order valence-corrected chi connectivity index (χ0v) is 9.28. The third-order valence-corrected chi connectivity index (χ3v) is 2.56. The summed E-state index contributed by atoms with van der Waals surface area (Å²) in [6.45, 7) is 3.65. The summed E-state index contributed by atoms with van der Waals surface area (Å²) >= 11 is 0. The average Bonchev–Trinajstić information content (AvgIpc) is 2.73. The second-order valence-corrected chi connectivity index (χ2v) is 3.87. The minimum absolute atomic E-state index is 0.0525. The van der Waals surface area contributed by atoms with Gasteiger partial charge in [-0.05, 0) is 37.1 Å². The molecule has 1 aromatic heterocycles. The molecule has 1 heterocycles. The zero-order chi connectivity index (χ0) is 11.7. The molecule has 1 aromatic carbocycles. The van der Waals surface area contributed by atoms with Gasteiger partial charge in [0.2, 0.25) is 0 Å². The number of hydrogen-bond donors (Lipinski definition) is 3. The number of aromatic hydroxyl groups is 1. The Labute approximate surface area is 93.6 Å². The first kappa shape index (κ1) is 10.7. The standard InChI is InChI=1S/C12H14N2O2/c1-7-3-9(4-8(2)11(7)16)12-13-5-10(6-15)14-12/h3-5,15-16H,6H2,1-2H3,(H,13,14). The molecule has 0 aliphatic rings. The molecule has 16 heavy (non-hydrogen) atoms. The third kappa shape index (κ3) is 1.79. The molecule has 0 aliphatic heterocycles. The number of phenolic OH excluding ortho intramolecular Hbond substituents is 1. The van der Waals surface area contributed by atoms with E-state index in [1.807, 2.05) is 26.0 Å². The van der Waals surface area contributed by atoms with E-state index in [4.69, 9.17) is 5.11 Å². The highest BCUT2D eigenvalue weighted by atomic mass is 16.3. The molecule has 0 unspecified atom stereocenters. The summed E-state index contributed by atoms with van der Waals surface area (Å²) in [5, 5.41) is 18.6. The number of nitrogens with one attached hydrogen (secondary N) is 1. The second-order valence-electron chi connectivity index (χ2n) is 3.87.